The zero-order valence-electron chi connectivity index (χ0n) is 15.7. The van der Waals surface area contributed by atoms with Gasteiger partial charge in [0.25, 0.3) is 11.5 Å². The zero-order valence-corrected chi connectivity index (χ0v) is 16.5. The van der Waals surface area contributed by atoms with Gasteiger partial charge in [-0.3, -0.25) is 14.2 Å². The van der Waals surface area contributed by atoms with Crippen LogP contribution in [0.15, 0.2) is 77.9 Å². The Morgan fingerprint density at radius 2 is 1.83 bits per heavy atom. The topological polar surface area (TPSA) is 64.0 Å². The summed E-state index contributed by atoms with van der Waals surface area (Å²) in [6.07, 6.45) is 1.55. The maximum absolute atomic E-state index is 12.6. The summed E-state index contributed by atoms with van der Waals surface area (Å²) >= 11 is 6.02. The number of nitrogens with zero attached hydrogens (tertiary/aromatic N) is 2. The molecule has 144 valence electrons. The van der Waals surface area contributed by atoms with Gasteiger partial charge in [-0.15, -0.1) is 0 Å². The van der Waals surface area contributed by atoms with Crippen molar-refractivity contribution in [2.45, 2.75) is 13.5 Å². The van der Waals surface area contributed by atoms with E-state index in [1.807, 2.05) is 43.3 Å². The normalized spacial score (nSPS) is 10.8. The summed E-state index contributed by atoms with van der Waals surface area (Å²) in [6, 6.07) is 19.8. The highest BCUT2D eigenvalue weighted by Crippen LogP contribution is 2.20. The predicted molar refractivity (Wildman–Crippen MR) is 116 cm³/mol. The number of hydrogen-bond acceptors (Lipinski definition) is 3. The maximum Gasteiger partial charge on any atom is 0.261 e. The fourth-order valence-electron chi connectivity index (χ4n) is 3.10. The fraction of sp³-hybridized carbons (Fsp3) is 0.0870. The fourth-order valence-corrected chi connectivity index (χ4v) is 3.22. The van der Waals surface area contributed by atoms with Crippen LogP contribution in [-0.2, 0) is 6.54 Å². The predicted octanol–water partition coefficient (Wildman–Crippen LogP) is 4.66. The van der Waals surface area contributed by atoms with E-state index in [-0.39, 0.29) is 11.5 Å². The van der Waals surface area contributed by atoms with Crippen LogP contribution in [0, 0.1) is 6.92 Å². The number of aryl methyl sites for hydroxylation is 1. The number of carbonyl (C=O) groups excluding carboxylic acids is 1. The first kappa shape index (κ1) is 18.9. The molecule has 1 aromatic heterocycles. The lowest BCUT2D eigenvalue weighted by Gasteiger charge is -2.09. The molecule has 0 saturated heterocycles. The summed E-state index contributed by atoms with van der Waals surface area (Å²) in [5.74, 6) is -0.206. The summed E-state index contributed by atoms with van der Waals surface area (Å²) in [5.41, 5.74) is 3.62. The molecule has 0 fully saturated rings. The number of fused-ring (bicyclic) bond motifs is 1. The highest BCUT2D eigenvalue weighted by Gasteiger charge is 2.08. The number of para-hydroxylation sites is 1. The summed E-state index contributed by atoms with van der Waals surface area (Å²) in [7, 11) is 0. The second-order valence-electron chi connectivity index (χ2n) is 6.81. The average molecular weight is 404 g/mol. The van der Waals surface area contributed by atoms with Gasteiger partial charge in [0.15, 0.2) is 0 Å². The Bertz CT molecular complexity index is 1260. The molecule has 0 radical (unpaired) electrons. The molecule has 29 heavy (non-hydrogen) atoms. The Balaban J connectivity index is 1.50. The first-order valence-corrected chi connectivity index (χ1v) is 9.50. The largest absolute Gasteiger partial charge is 0.322 e. The Kier molecular flexibility index (Phi) is 5.14. The van der Waals surface area contributed by atoms with Crippen molar-refractivity contribution in [1.29, 1.82) is 0 Å². The van der Waals surface area contributed by atoms with Crippen LogP contribution in [0.25, 0.3) is 10.9 Å². The molecule has 0 aliphatic heterocycles. The number of hydrogen-bond donors (Lipinski definition) is 1. The highest BCUT2D eigenvalue weighted by atomic mass is 35.5. The number of halogens is 1. The molecule has 0 unspecified atom stereocenters. The lowest BCUT2D eigenvalue weighted by atomic mass is 10.1. The zero-order chi connectivity index (χ0) is 20.4. The number of aromatic nitrogens is 2. The van der Waals surface area contributed by atoms with Crippen LogP contribution in [0.1, 0.15) is 21.5 Å². The minimum absolute atomic E-state index is 0.0875. The van der Waals surface area contributed by atoms with Crippen LogP contribution in [0.4, 0.5) is 5.69 Å². The first-order chi connectivity index (χ1) is 14.0. The Hall–Kier alpha value is -3.44. The second-order valence-corrected chi connectivity index (χ2v) is 7.22. The summed E-state index contributed by atoms with van der Waals surface area (Å²) in [5, 5.41) is 4.11. The molecule has 0 aliphatic rings. The summed E-state index contributed by atoms with van der Waals surface area (Å²) in [4.78, 5) is 29.4. The SMILES string of the molecule is Cc1cc(NC(=O)c2ccc(Cn3cnc4ccccc4c3=O)cc2)ccc1Cl. The van der Waals surface area contributed by atoms with Crippen molar-refractivity contribution in [3.05, 3.63) is 105 Å². The van der Waals surface area contributed by atoms with Gasteiger partial charge in [-0.05, 0) is 60.5 Å². The minimum Gasteiger partial charge on any atom is -0.322 e. The molecule has 0 saturated carbocycles. The minimum atomic E-state index is -0.206. The van der Waals surface area contributed by atoms with E-state index in [0.29, 0.717) is 33.7 Å². The number of carbonyl (C=O) groups is 1. The Morgan fingerprint density at radius 3 is 2.59 bits per heavy atom. The van der Waals surface area contributed by atoms with Crippen molar-refractivity contribution in [3.63, 3.8) is 0 Å². The number of rotatable bonds is 4. The van der Waals surface area contributed by atoms with Gasteiger partial charge in [-0.1, -0.05) is 35.9 Å². The van der Waals surface area contributed by atoms with E-state index < -0.39 is 0 Å². The number of amides is 1. The lowest BCUT2D eigenvalue weighted by Crippen LogP contribution is -2.21. The Morgan fingerprint density at radius 1 is 1.07 bits per heavy atom. The Labute approximate surface area is 172 Å². The molecule has 0 bridgehead atoms. The monoisotopic (exact) mass is 403 g/mol. The third-order valence-corrected chi connectivity index (χ3v) is 5.14. The van der Waals surface area contributed by atoms with E-state index in [4.69, 9.17) is 11.6 Å². The van der Waals surface area contributed by atoms with Gasteiger partial charge >= 0.3 is 0 Å². The number of anilines is 1. The van der Waals surface area contributed by atoms with Crippen LogP contribution < -0.4 is 10.9 Å². The van der Waals surface area contributed by atoms with Crippen LogP contribution in [-0.4, -0.2) is 15.5 Å². The third-order valence-electron chi connectivity index (χ3n) is 4.72. The van der Waals surface area contributed by atoms with Gasteiger partial charge in [0.05, 0.1) is 23.8 Å². The smallest absolute Gasteiger partial charge is 0.261 e. The third kappa shape index (κ3) is 4.05. The lowest BCUT2D eigenvalue weighted by molar-refractivity contribution is 0.102. The molecule has 0 spiro atoms. The number of nitrogens with one attached hydrogen (secondary N) is 1. The van der Waals surface area contributed by atoms with E-state index in [9.17, 15) is 9.59 Å². The van der Waals surface area contributed by atoms with Crippen molar-refractivity contribution in [1.82, 2.24) is 9.55 Å². The van der Waals surface area contributed by atoms with E-state index in [2.05, 4.69) is 10.3 Å². The molecule has 3 aromatic carbocycles. The average Bonchev–Trinajstić information content (AvgIpc) is 2.73. The van der Waals surface area contributed by atoms with Gasteiger partial charge in [-0.2, -0.15) is 0 Å². The standard InChI is InChI=1S/C23H18ClN3O2/c1-15-12-18(10-11-20(15)24)26-22(28)17-8-6-16(7-9-17)13-27-14-25-21-5-3-2-4-19(21)23(27)29/h2-12,14H,13H2,1H3,(H,26,28). The quantitative estimate of drug-likeness (QED) is 0.539. The van der Waals surface area contributed by atoms with Gasteiger partial charge in [0.1, 0.15) is 0 Å². The van der Waals surface area contributed by atoms with E-state index in [0.717, 1.165) is 11.1 Å². The molecule has 4 rings (SSSR count). The van der Waals surface area contributed by atoms with Crippen molar-refractivity contribution in [2.24, 2.45) is 0 Å². The molecule has 1 N–H and O–H groups in total. The van der Waals surface area contributed by atoms with Crippen molar-refractivity contribution in [3.8, 4) is 0 Å². The highest BCUT2D eigenvalue weighted by molar-refractivity contribution is 6.31. The molecule has 1 amide bonds. The van der Waals surface area contributed by atoms with E-state index >= 15 is 0 Å². The first-order valence-electron chi connectivity index (χ1n) is 9.12. The summed E-state index contributed by atoms with van der Waals surface area (Å²) < 4.78 is 1.56. The molecule has 4 aromatic rings. The molecule has 1 heterocycles. The van der Waals surface area contributed by atoms with Crippen molar-refractivity contribution in [2.75, 3.05) is 5.32 Å². The summed E-state index contributed by atoms with van der Waals surface area (Å²) in [6.45, 7) is 2.27. The molecule has 0 aliphatic carbocycles. The maximum atomic E-state index is 12.6. The molecule has 6 heteroatoms. The molecular formula is C23H18ClN3O2. The van der Waals surface area contributed by atoms with Crippen LogP contribution in [0.2, 0.25) is 5.02 Å². The van der Waals surface area contributed by atoms with Gasteiger partial charge < -0.3 is 5.32 Å². The van der Waals surface area contributed by atoms with Crippen molar-refractivity contribution >= 4 is 34.1 Å². The van der Waals surface area contributed by atoms with E-state index in [1.165, 1.54) is 0 Å². The van der Waals surface area contributed by atoms with Crippen molar-refractivity contribution < 1.29 is 4.79 Å². The van der Waals surface area contributed by atoms with Gasteiger partial charge in [0.2, 0.25) is 0 Å². The number of benzene rings is 3. The van der Waals surface area contributed by atoms with Crippen LogP contribution in [0.5, 0.6) is 0 Å². The van der Waals surface area contributed by atoms with Crippen LogP contribution in [0.3, 0.4) is 0 Å². The second kappa shape index (κ2) is 7.89. The molecule has 5 nitrogen and oxygen atoms in total. The van der Waals surface area contributed by atoms with Gasteiger partial charge in [0, 0.05) is 16.3 Å². The molecular weight excluding hydrogens is 386 g/mol. The molecule has 0 atom stereocenters. The van der Waals surface area contributed by atoms with Gasteiger partial charge in [-0.25, -0.2) is 4.98 Å². The van der Waals surface area contributed by atoms with Crippen LogP contribution >= 0.6 is 11.6 Å². The van der Waals surface area contributed by atoms with E-state index in [1.54, 1.807) is 41.2 Å².